The van der Waals surface area contributed by atoms with E-state index in [1.165, 1.54) is 0 Å². The molecular formula is C18H24BrFN2O2S. The summed E-state index contributed by atoms with van der Waals surface area (Å²) in [5, 5.41) is 0.472. The van der Waals surface area contributed by atoms with Crippen LogP contribution in [0.1, 0.15) is 52.1 Å². The Morgan fingerprint density at radius 3 is 2.56 bits per heavy atom. The van der Waals surface area contributed by atoms with E-state index in [1.54, 1.807) is 6.07 Å². The summed E-state index contributed by atoms with van der Waals surface area (Å²) in [5.74, 6) is -0.315. The van der Waals surface area contributed by atoms with Crippen LogP contribution in [0.2, 0.25) is 0 Å². The third kappa shape index (κ3) is 3.93. The minimum atomic E-state index is -3.31. The van der Waals surface area contributed by atoms with E-state index >= 15 is 0 Å². The number of aromatic nitrogens is 1. The Balaban J connectivity index is 2.07. The lowest BCUT2D eigenvalue weighted by atomic mass is 9.97. The van der Waals surface area contributed by atoms with Crippen LogP contribution in [0.25, 0.3) is 10.9 Å². The maximum atomic E-state index is 14.8. The van der Waals surface area contributed by atoms with Crippen LogP contribution in [0, 0.1) is 11.2 Å². The van der Waals surface area contributed by atoms with E-state index < -0.39 is 16.1 Å². The van der Waals surface area contributed by atoms with Crippen LogP contribution >= 0.6 is 15.9 Å². The number of hydrogen-bond donors (Lipinski definition) is 1. The maximum absolute atomic E-state index is 14.8. The highest BCUT2D eigenvalue weighted by Crippen LogP contribution is 2.35. The van der Waals surface area contributed by atoms with Crippen molar-refractivity contribution in [2.24, 2.45) is 5.41 Å². The van der Waals surface area contributed by atoms with Crippen molar-refractivity contribution in [2.45, 2.75) is 58.4 Å². The molecule has 1 atom stereocenters. The topological polar surface area (TPSA) is 51.1 Å². The van der Waals surface area contributed by atoms with Crippen LogP contribution in [0.5, 0.6) is 0 Å². The molecule has 0 unspecified atom stereocenters. The zero-order valence-electron chi connectivity index (χ0n) is 14.9. The van der Waals surface area contributed by atoms with Gasteiger partial charge in [-0.1, -0.05) is 26.8 Å². The summed E-state index contributed by atoms with van der Waals surface area (Å²) in [6.45, 7) is 8.73. The summed E-state index contributed by atoms with van der Waals surface area (Å²) in [6.07, 6.45) is 3.32. The highest BCUT2D eigenvalue weighted by Gasteiger charge is 2.37. The lowest BCUT2D eigenvalue weighted by Crippen LogP contribution is -2.29. The van der Waals surface area contributed by atoms with E-state index in [1.807, 2.05) is 23.8 Å². The van der Waals surface area contributed by atoms with E-state index in [4.69, 9.17) is 0 Å². The predicted octanol–water partition coefficient (Wildman–Crippen LogP) is 4.73. The molecule has 7 heteroatoms. The Bertz CT molecular complexity index is 911. The van der Waals surface area contributed by atoms with Gasteiger partial charge in [-0.15, -0.1) is 0 Å². The first kappa shape index (κ1) is 18.9. The van der Waals surface area contributed by atoms with Gasteiger partial charge in [0.05, 0.1) is 15.2 Å². The molecular weight excluding hydrogens is 407 g/mol. The number of sulfonamides is 1. The minimum Gasteiger partial charge on any atom is -0.344 e. The zero-order chi connectivity index (χ0) is 18.6. The molecule has 1 aromatic carbocycles. The summed E-state index contributed by atoms with van der Waals surface area (Å²) >= 11 is 3.25. The molecule has 4 nitrogen and oxygen atoms in total. The summed E-state index contributed by atoms with van der Waals surface area (Å²) in [5.41, 5.74) is 1.28. The van der Waals surface area contributed by atoms with Crippen molar-refractivity contribution in [2.75, 3.05) is 0 Å². The van der Waals surface area contributed by atoms with Crippen molar-refractivity contribution in [1.82, 2.24) is 9.29 Å². The summed E-state index contributed by atoms with van der Waals surface area (Å²) in [6, 6.07) is 3.11. The summed E-state index contributed by atoms with van der Waals surface area (Å²) in [7, 11) is -3.31. The average Bonchev–Trinajstić information content (AvgIpc) is 3.25. The van der Waals surface area contributed by atoms with Crippen molar-refractivity contribution >= 4 is 36.9 Å². The van der Waals surface area contributed by atoms with Gasteiger partial charge >= 0.3 is 0 Å². The van der Waals surface area contributed by atoms with Crippen LogP contribution in [0.15, 0.2) is 22.8 Å². The number of nitrogens with one attached hydrogen (secondary N) is 1. The molecule has 1 fully saturated rings. The van der Waals surface area contributed by atoms with Gasteiger partial charge in [-0.05, 0) is 52.7 Å². The molecule has 0 radical (unpaired) electrons. The van der Waals surface area contributed by atoms with Crippen LogP contribution in [0.4, 0.5) is 4.39 Å². The first-order valence-electron chi connectivity index (χ1n) is 8.47. The van der Waals surface area contributed by atoms with Crippen LogP contribution in [-0.2, 0) is 16.6 Å². The highest BCUT2D eigenvalue weighted by molar-refractivity contribution is 9.10. The van der Waals surface area contributed by atoms with Gasteiger partial charge in [0, 0.05) is 24.2 Å². The van der Waals surface area contributed by atoms with Crippen molar-refractivity contribution in [3.05, 3.63) is 34.2 Å². The van der Waals surface area contributed by atoms with Gasteiger partial charge in [0.25, 0.3) is 0 Å². The Morgan fingerprint density at radius 1 is 1.36 bits per heavy atom. The van der Waals surface area contributed by atoms with Crippen molar-refractivity contribution in [3.63, 3.8) is 0 Å². The van der Waals surface area contributed by atoms with Crippen LogP contribution < -0.4 is 4.72 Å². The second kappa shape index (κ2) is 6.35. The van der Waals surface area contributed by atoms with Gasteiger partial charge in [-0.3, -0.25) is 0 Å². The summed E-state index contributed by atoms with van der Waals surface area (Å²) in [4.78, 5) is 0. The maximum Gasteiger partial charge on any atom is 0.215 e. The quantitative estimate of drug-likeness (QED) is 0.744. The van der Waals surface area contributed by atoms with Gasteiger partial charge in [-0.25, -0.2) is 17.5 Å². The minimum absolute atomic E-state index is 0.0330. The Hall–Kier alpha value is -0.920. The molecule has 0 spiro atoms. The van der Waals surface area contributed by atoms with Gasteiger partial charge in [0.2, 0.25) is 10.0 Å². The molecule has 1 aliphatic rings. The molecule has 0 amide bonds. The van der Waals surface area contributed by atoms with E-state index in [2.05, 4.69) is 41.4 Å². The number of nitrogens with zero attached hydrogens (tertiary/aromatic N) is 1. The second-order valence-corrected chi connectivity index (χ2v) is 11.0. The SMILES string of the molecule is C[C@@H](NS(=O)(=O)C1CC1)c1cn(CC(C)(C)C)c2c(F)c(Br)ccc12. The molecule has 0 aliphatic heterocycles. The lowest BCUT2D eigenvalue weighted by molar-refractivity contribution is 0.347. The zero-order valence-corrected chi connectivity index (χ0v) is 17.3. The standard InChI is InChI=1S/C18H24BrFN2O2S/c1-11(21-25(23,24)12-5-6-12)14-9-22(10-18(2,3)4)17-13(14)7-8-15(19)16(17)20/h7-9,11-12,21H,5-6,10H2,1-4H3/t11-/m1/s1. The molecule has 1 aliphatic carbocycles. The molecule has 3 rings (SSSR count). The fourth-order valence-electron chi connectivity index (χ4n) is 3.12. The molecule has 0 saturated heterocycles. The van der Waals surface area contributed by atoms with E-state index in [0.717, 1.165) is 23.8 Å². The van der Waals surface area contributed by atoms with Gasteiger partial charge in [-0.2, -0.15) is 0 Å². The molecule has 1 aromatic heterocycles. The lowest BCUT2D eigenvalue weighted by Gasteiger charge is -2.20. The Kier molecular flexibility index (Phi) is 4.79. The fourth-order valence-corrected chi connectivity index (χ4v) is 5.01. The third-order valence-electron chi connectivity index (χ3n) is 4.38. The number of rotatable bonds is 5. The number of hydrogen-bond acceptors (Lipinski definition) is 2. The van der Waals surface area contributed by atoms with E-state index in [0.29, 0.717) is 16.5 Å². The number of fused-ring (bicyclic) bond motifs is 1. The summed E-state index contributed by atoms with van der Waals surface area (Å²) < 4.78 is 44.4. The Morgan fingerprint density at radius 2 is 2.00 bits per heavy atom. The average molecular weight is 431 g/mol. The monoisotopic (exact) mass is 430 g/mol. The molecule has 25 heavy (non-hydrogen) atoms. The molecule has 2 aromatic rings. The van der Waals surface area contributed by atoms with Crippen molar-refractivity contribution < 1.29 is 12.8 Å². The largest absolute Gasteiger partial charge is 0.344 e. The van der Waals surface area contributed by atoms with Crippen molar-refractivity contribution in [3.8, 4) is 0 Å². The first-order chi connectivity index (χ1) is 11.5. The predicted molar refractivity (Wildman–Crippen MR) is 103 cm³/mol. The normalized spacial score (nSPS) is 17.2. The third-order valence-corrected chi connectivity index (χ3v) is 7.02. The van der Waals surface area contributed by atoms with Crippen LogP contribution in [-0.4, -0.2) is 18.2 Å². The van der Waals surface area contributed by atoms with E-state index in [9.17, 15) is 12.8 Å². The number of halogens is 2. The van der Waals surface area contributed by atoms with Gasteiger partial charge in [0.1, 0.15) is 0 Å². The number of benzene rings is 1. The van der Waals surface area contributed by atoms with E-state index in [-0.39, 0.29) is 16.5 Å². The van der Waals surface area contributed by atoms with Crippen molar-refractivity contribution in [1.29, 1.82) is 0 Å². The molecule has 138 valence electrons. The highest BCUT2D eigenvalue weighted by atomic mass is 79.9. The first-order valence-corrected chi connectivity index (χ1v) is 10.8. The van der Waals surface area contributed by atoms with Gasteiger partial charge < -0.3 is 4.57 Å². The van der Waals surface area contributed by atoms with Gasteiger partial charge in [0.15, 0.2) is 5.82 Å². The molecule has 1 N–H and O–H groups in total. The smallest absolute Gasteiger partial charge is 0.215 e. The molecule has 1 saturated carbocycles. The van der Waals surface area contributed by atoms with Crippen LogP contribution in [0.3, 0.4) is 0 Å². The molecule has 0 bridgehead atoms. The molecule has 1 heterocycles. The fraction of sp³-hybridized carbons (Fsp3) is 0.556. The second-order valence-electron chi connectivity index (χ2n) is 8.11. The Labute approximate surface area is 157 Å².